The number of rotatable bonds is 1. The highest BCUT2D eigenvalue weighted by atomic mass is 16.2. The molecule has 0 unspecified atom stereocenters. The van der Waals surface area contributed by atoms with Crippen LogP contribution >= 0.6 is 0 Å². The Hall–Kier alpha value is -2.09. The second-order valence-corrected chi connectivity index (χ2v) is 6.27. The molecule has 2 aliphatic heterocycles. The van der Waals surface area contributed by atoms with Crippen molar-refractivity contribution in [1.82, 2.24) is 15.1 Å². The molecule has 5 nitrogen and oxygen atoms in total. The summed E-state index contributed by atoms with van der Waals surface area (Å²) in [7, 11) is 0. The average Bonchev–Trinajstić information content (AvgIpc) is 3.06. The first-order valence-electron chi connectivity index (χ1n) is 8.04. The van der Waals surface area contributed by atoms with Crippen LogP contribution in [-0.2, 0) is 17.8 Å². The summed E-state index contributed by atoms with van der Waals surface area (Å²) in [4.78, 5) is 16.2. The molecule has 0 N–H and O–H groups in total. The van der Waals surface area contributed by atoms with E-state index < -0.39 is 0 Å². The number of anilines is 1. The van der Waals surface area contributed by atoms with E-state index in [2.05, 4.69) is 33.0 Å². The van der Waals surface area contributed by atoms with Crippen LogP contribution in [0.4, 0.5) is 5.82 Å². The number of carbonyl (C=O) groups excluding carboxylic acids is 1. The maximum atomic E-state index is 12.2. The minimum Gasteiger partial charge on any atom is -0.355 e. The van der Waals surface area contributed by atoms with Crippen LogP contribution < -0.4 is 4.90 Å². The lowest BCUT2D eigenvalue weighted by molar-refractivity contribution is -0.126. The van der Waals surface area contributed by atoms with Crippen LogP contribution in [0.5, 0.6) is 0 Å². The van der Waals surface area contributed by atoms with Gasteiger partial charge in [-0.1, -0.05) is 19.8 Å². The summed E-state index contributed by atoms with van der Waals surface area (Å²) in [5.74, 6) is 6.76. The molecule has 1 aromatic heterocycles. The van der Waals surface area contributed by atoms with Crippen molar-refractivity contribution in [2.45, 2.75) is 39.7 Å². The van der Waals surface area contributed by atoms with E-state index in [9.17, 15) is 4.79 Å². The molecule has 22 heavy (non-hydrogen) atoms. The fraction of sp³-hybridized carbons (Fsp3) is 0.588. The Balaban J connectivity index is 1.75. The van der Waals surface area contributed by atoms with E-state index in [0.717, 1.165) is 36.6 Å². The highest BCUT2D eigenvalue weighted by molar-refractivity contribution is 5.93. The summed E-state index contributed by atoms with van der Waals surface area (Å²) in [6, 6.07) is 2.10. The maximum Gasteiger partial charge on any atom is 0.298 e. The van der Waals surface area contributed by atoms with Gasteiger partial charge in [-0.25, -0.2) is 0 Å². The zero-order valence-corrected chi connectivity index (χ0v) is 13.3. The van der Waals surface area contributed by atoms with E-state index in [1.807, 2.05) is 18.7 Å². The van der Waals surface area contributed by atoms with Crippen molar-refractivity contribution in [3.63, 3.8) is 0 Å². The molecule has 116 valence electrons. The Bertz CT molecular complexity index is 623. The molecule has 3 heterocycles. The topological polar surface area (TPSA) is 49.3 Å². The Morgan fingerprint density at radius 1 is 1.23 bits per heavy atom. The molecular weight excluding hydrogens is 276 g/mol. The smallest absolute Gasteiger partial charge is 0.298 e. The van der Waals surface area contributed by atoms with Crippen LogP contribution in [0.1, 0.15) is 37.9 Å². The number of amides is 1. The standard InChI is InChI=1S/C17H22N4O/c1-13(2)5-6-17(22)21-10-7-15-14(12-21)11-16(19-18-15)20-8-3-4-9-20/h11,13H,3-4,7-10,12H2,1-2H3. The molecule has 0 aliphatic carbocycles. The molecule has 5 heteroatoms. The molecule has 1 fully saturated rings. The van der Waals surface area contributed by atoms with Gasteiger partial charge in [-0.2, -0.15) is 5.10 Å². The lowest BCUT2D eigenvalue weighted by Crippen LogP contribution is -2.36. The van der Waals surface area contributed by atoms with Crippen molar-refractivity contribution in [3.8, 4) is 11.8 Å². The predicted octanol–water partition coefficient (Wildman–Crippen LogP) is 1.62. The monoisotopic (exact) mass is 298 g/mol. The van der Waals surface area contributed by atoms with Gasteiger partial charge in [-0.15, -0.1) is 5.10 Å². The molecule has 0 atom stereocenters. The van der Waals surface area contributed by atoms with Crippen molar-refractivity contribution < 1.29 is 4.79 Å². The van der Waals surface area contributed by atoms with Crippen molar-refractivity contribution in [1.29, 1.82) is 0 Å². The van der Waals surface area contributed by atoms with Crippen molar-refractivity contribution in [2.75, 3.05) is 24.5 Å². The molecule has 2 aliphatic rings. The molecule has 1 amide bonds. The predicted molar refractivity (Wildman–Crippen MR) is 85.2 cm³/mol. The van der Waals surface area contributed by atoms with E-state index >= 15 is 0 Å². The van der Waals surface area contributed by atoms with Gasteiger partial charge < -0.3 is 9.80 Å². The number of aromatic nitrogens is 2. The van der Waals surface area contributed by atoms with E-state index in [-0.39, 0.29) is 11.8 Å². The number of nitrogens with zero attached hydrogens (tertiary/aromatic N) is 4. The van der Waals surface area contributed by atoms with Crippen LogP contribution in [0.2, 0.25) is 0 Å². The zero-order valence-electron chi connectivity index (χ0n) is 13.3. The van der Waals surface area contributed by atoms with E-state index in [1.54, 1.807) is 0 Å². The Kier molecular flexibility index (Phi) is 4.28. The van der Waals surface area contributed by atoms with Crippen molar-refractivity contribution in [2.24, 2.45) is 5.92 Å². The largest absolute Gasteiger partial charge is 0.355 e. The SMILES string of the molecule is CC(C)C#CC(=O)N1CCc2nnc(N3CCCC3)cc2C1. The third-order valence-electron chi connectivity index (χ3n) is 4.11. The Morgan fingerprint density at radius 3 is 2.73 bits per heavy atom. The van der Waals surface area contributed by atoms with Gasteiger partial charge in [0.15, 0.2) is 5.82 Å². The normalized spacial score (nSPS) is 17.2. The average molecular weight is 298 g/mol. The van der Waals surface area contributed by atoms with Gasteiger partial charge >= 0.3 is 0 Å². The molecular formula is C17H22N4O. The molecule has 0 aromatic carbocycles. The van der Waals surface area contributed by atoms with Crippen molar-refractivity contribution >= 4 is 11.7 Å². The number of carbonyl (C=O) groups is 1. The lowest BCUT2D eigenvalue weighted by Gasteiger charge is -2.27. The molecule has 0 bridgehead atoms. The van der Waals surface area contributed by atoms with Crippen LogP contribution in [0.3, 0.4) is 0 Å². The molecule has 1 saturated heterocycles. The third kappa shape index (κ3) is 3.22. The van der Waals surface area contributed by atoms with Gasteiger partial charge in [-0.3, -0.25) is 4.79 Å². The lowest BCUT2D eigenvalue weighted by atomic mass is 10.1. The van der Waals surface area contributed by atoms with Crippen LogP contribution in [0.15, 0.2) is 6.07 Å². The van der Waals surface area contributed by atoms with E-state index in [4.69, 9.17) is 0 Å². The summed E-state index contributed by atoms with van der Waals surface area (Å²) < 4.78 is 0. The van der Waals surface area contributed by atoms with Crippen LogP contribution in [0.25, 0.3) is 0 Å². The quantitative estimate of drug-likeness (QED) is 0.739. The van der Waals surface area contributed by atoms with E-state index in [1.165, 1.54) is 12.8 Å². The van der Waals surface area contributed by atoms with Gasteiger partial charge in [0.1, 0.15) is 0 Å². The highest BCUT2D eigenvalue weighted by Gasteiger charge is 2.23. The fourth-order valence-corrected chi connectivity index (χ4v) is 2.88. The van der Waals surface area contributed by atoms with Crippen LogP contribution in [0, 0.1) is 17.8 Å². The summed E-state index contributed by atoms with van der Waals surface area (Å²) in [6.45, 7) is 7.35. The molecule has 0 saturated carbocycles. The third-order valence-corrected chi connectivity index (χ3v) is 4.11. The second-order valence-electron chi connectivity index (χ2n) is 6.27. The van der Waals surface area contributed by atoms with Gasteiger partial charge in [-0.05, 0) is 30.4 Å². The molecule has 1 aromatic rings. The molecule has 0 radical (unpaired) electrons. The maximum absolute atomic E-state index is 12.2. The van der Waals surface area contributed by atoms with Crippen molar-refractivity contribution in [3.05, 3.63) is 17.3 Å². The first kappa shape index (κ1) is 14.8. The first-order chi connectivity index (χ1) is 10.6. The minimum atomic E-state index is -0.0844. The van der Waals surface area contributed by atoms with Gasteiger partial charge in [0, 0.05) is 38.5 Å². The first-order valence-corrected chi connectivity index (χ1v) is 8.04. The van der Waals surface area contributed by atoms with E-state index in [0.29, 0.717) is 13.1 Å². The number of hydrogen-bond donors (Lipinski definition) is 0. The zero-order chi connectivity index (χ0) is 15.5. The summed E-state index contributed by atoms with van der Waals surface area (Å²) in [6.07, 6.45) is 3.19. The number of fused-ring (bicyclic) bond motifs is 1. The Labute approximate surface area is 131 Å². The number of hydrogen-bond acceptors (Lipinski definition) is 4. The van der Waals surface area contributed by atoms with Crippen LogP contribution in [-0.4, -0.2) is 40.6 Å². The fourth-order valence-electron chi connectivity index (χ4n) is 2.88. The summed E-state index contributed by atoms with van der Waals surface area (Å²) in [5.41, 5.74) is 2.13. The minimum absolute atomic E-state index is 0.0844. The highest BCUT2D eigenvalue weighted by Crippen LogP contribution is 2.23. The molecule has 0 spiro atoms. The van der Waals surface area contributed by atoms with Gasteiger partial charge in [0.2, 0.25) is 0 Å². The second kappa shape index (κ2) is 6.35. The van der Waals surface area contributed by atoms with Gasteiger partial charge in [0.05, 0.1) is 5.69 Å². The van der Waals surface area contributed by atoms with Gasteiger partial charge in [0.25, 0.3) is 5.91 Å². The molecule has 3 rings (SSSR count). The summed E-state index contributed by atoms with van der Waals surface area (Å²) in [5, 5.41) is 8.71. The summed E-state index contributed by atoms with van der Waals surface area (Å²) >= 11 is 0. The Morgan fingerprint density at radius 2 is 2.00 bits per heavy atom.